The van der Waals surface area contributed by atoms with Gasteiger partial charge in [0.15, 0.2) is 0 Å². The van der Waals surface area contributed by atoms with E-state index in [1.807, 2.05) is 48.5 Å². The van der Waals surface area contributed by atoms with Crippen molar-refractivity contribution in [2.24, 2.45) is 0 Å². The zero-order valence-electron chi connectivity index (χ0n) is 17.4. The van der Waals surface area contributed by atoms with Crippen molar-refractivity contribution in [3.63, 3.8) is 0 Å². The van der Waals surface area contributed by atoms with Gasteiger partial charge in [-0.2, -0.15) is 0 Å². The van der Waals surface area contributed by atoms with Crippen LogP contribution >= 0.6 is 11.8 Å². The molecule has 7 nitrogen and oxygen atoms in total. The monoisotopic (exact) mass is 435 g/mol. The van der Waals surface area contributed by atoms with Gasteiger partial charge in [0.05, 0.1) is 12.9 Å². The predicted molar refractivity (Wildman–Crippen MR) is 125 cm³/mol. The summed E-state index contributed by atoms with van der Waals surface area (Å²) in [5, 5.41) is 3.69. The molecule has 1 N–H and O–H groups in total. The molecule has 4 rings (SSSR count). The van der Waals surface area contributed by atoms with Gasteiger partial charge in [0.25, 0.3) is 0 Å². The first kappa shape index (κ1) is 21.0. The number of anilines is 3. The fourth-order valence-electron chi connectivity index (χ4n) is 3.43. The third kappa shape index (κ3) is 5.67. The number of benzene rings is 2. The normalized spacial score (nSPS) is 13.7. The predicted octanol–water partition coefficient (Wildman–Crippen LogP) is 3.54. The van der Waals surface area contributed by atoms with Crippen molar-refractivity contribution in [2.75, 3.05) is 54.2 Å². The highest BCUT2D eigenvalue weighted by Crippen LogP contribution is 2.24. The quantitative estimate of drug-likeness (QED) is 0.450. The summed E-state index contributed by atoms with van der Waals surface area (Å²) in [5.74, 6) is 2.02. The number of amides is 1. The number of thioether (sulfide) groups is 1. The Morgan fingerprint density at radius 2 is 1.71 bits per heavy atom. The lowest BCUT2D eigenvalue weighted by Gasteiger charge is -2.36. The number of hydrogen-bond donors (Lipinski definition) is 1. The molecule has 2 heterocycles. The highest BCUT2D eigenvalue weighted by molar-refractivity contribution is 7.99. The van der Waals surface area contributed by atoms with E-state index >= 15 is 0 Å². The molecule has 1 saturated heterocycles. The average molecular weight is 436 g/mol. The molecular formula is C23H25N5O2S. The Bertz CT molecular complexity index is 992. The second-order valence-corrected chi connectivity index (χ2v) is 8.09. The first-order chi connectivity index (χ1) is 15.2. The standard InChI is InChI=1S/C23H25N5O2S/c1-30-20-9-7-19(8-10-20)27-11-13-28(14-12-27)21-15-23(25-17-24-21)31-16-22(29)26-18-5-3-2-4-6-18/h2-10,15,17H,11-14,16H2,1H3,(H,26,29). The van der Waals surface area contributed by atoms with Gasteiger partial charge in [0, 0.05) is 43.6 Å². The van der Waals surface area contributed by atoms with E-state index in [2.05, 4.69) is 37.2 Å². The molecule has 160 valence electrons. The number of aromatic nitrogens is 2. The maximum Gasteiger partial charge on any atom is 0.234 e. The molecule has 3 aromatic rings. The number of para-hydroxylation sites is 1. The van der Waals surface area contributed by atoms with Crippen LogP contribution in [-0.2, 0) is 4.79 Å². The molecule has 0 saturated carbocycles. The molecule has 1 aliphatic rings. The maximum absolute atomic E-state index is 12.2. The minimum Gasteiger partial charge on any atom is -0.497 e. The molecule has 0 spiro atoms. The second kappa shape index (κ2) is 10.2. The number of hydrogen-bond acceptors (Lipinski definition) is 7. The highest BCUT2D eigenvalue weighted by atomic mass is 32.2. The van der Waals surface area contributed by atoms with E-state index in [1.165, 1.54) is 17.4 Å². The van der Waals surface area contributed by atoms with Crippen LogP contribution in [0.3, 0.4) is 0 Å². The average Bonchev–Trinajstić information content (AvgIpc) is 2.84. The van der Waals surface area contributed by atoms with Gasteiger partial charge in [-0.3, -0.25) is 4.79 Å². The van der Waals surface area contributed by atoms with Crippen molar-refractivity contribution in [2.45, 2.75) is 5.03 Å². The first-order valence-electron chi connectivity index (χ1n) is 10.1. The molecule has 2 aromatic carbocycles. The van der Waals surface area contributed by atoms with Crippen LogP contribution < -0.4 is 19.9 Å². The zero-order chi connectivity index (χ0) is 21.5. The van der Waals surface area contributed by atoms with E-state index in [0.29, 0.717) is 5.75 Å². The van der Waals surface area contributed by atoms with Crippen molar-refractivity contribution in [3.05, 3.63) is 67.0 Å². The molecule has 0 bridgehead atoms. The van der Waals surface area contributed by atoms with E-state index in [1.54, 1.807) is 13.4 Å². The smallest absolute Gasteiger partial charge is 0.234 e. The molecule has 1 aromatic heterocycles. The van der Waals surface area contributed by atoms with Crippen LogP contribution in [0.2, 0.25) is 0 Å². The number of carbonyl (C=O) groups is 1. The van der Waals surface area contributed by atoms with Crippen molar-refractivity contribution in [1.82, 2.24) is 9.97 Å². The molecule has 1 fully saturated rings. The van der Waals surface area contributed by atoms with Crippen molar-refractivity contribution in [1.29, 1.82) is 0 Å². The minimum atomic E-state index is -0.0514. The molecular weight excluding hydrogens is 410 g/mol. The lowest BCUT2D eigenvalue weighted by molar-refractivity contribution is -0.113. The SMILES string of the molecule is COc1ccc(N2CCN(c3cc(SCC(=O)Nc4ccccc4)ncn3)CC2)cc1. The zero-order valence-corrected chi connectivity index (χ0v) is 18.2. The topological polar surface area (TPSA) is 70.6 Å². The van der Waals surface area contributed by atoms with E-state index in [4.69, 9.17) is 4.74 Å². The molecule has 1 amide bonds. The summed E-state index contributed by atoms with van der Waals surface area (Å²) in [6.07, 6.45) is 1.57. The summed E-state index contributed by atoms with van der Waals surface area (Å²) in [6.45, 7) is 3.58. The molecule has 0 radical (unpaired) electrons. The fraction of sp³-hybridized carbons (Fsp3) is 0.261. The maximum atomic E-state index is 12.2. The summed E-state index contributed by atoms with van der Waals surface area (Å²) >= 11 is 1.41. The van der Waals surface area contributed by atoms with Crippen molar-refractivity contribution in [3.8, 4) is 5.75 Å². The van der Waals surface area contributed by atoms with Crippen LogP contribution in [0, 0.1) is 0 Å². The van der Waals surface area contributed by atoms with Gasteiger partial charge in [-0.15, -0.1) is 0 Å². The van der Waals surface area contributed by atoms with Gasteiger partial charge in [-0.1, -0.05) is 30.0 Å². The van der Waals surface area contributed by atoms with E-state index in [9.17, 15) is 4.79 Å². The number of rotatable bonds is 7. The number of carbonyl (C=O) groups excluding carboxylic acids is 1. The lowest BCUT2D eigenvalue weighted by Crippen LogP contribution is -2.46. The Hall–Kier alpha value is -3.26. The molecule has 0 unspecified atom stereocenters. The van der Waals surface area contributed by atoms with Gasteiger partial charge in [0.2, 0.25) is 5.91 Å². The van der Waals surface area contributed by atoms with Crippen LogP contribution in [-0.4, -0.2) is 54.9 Å². The van der Waals surface area contributed by atoms with Gasteiger partial charge in [-0.05, 0) is 36.4 Å². The molecule has 8 heteroatoms. The van der Waals surface area contributed by atoms with Gasteiger partial charge in [0.1, 0.15) is 22.9 Å². The summed E-state index contributed by atoms with van der Waals surface area (Å²) in [5.41, 5.74) is 2.00. The number of ether oxygens (including phenoxy) is 1. The summed E-state index contributed by atoms with van der Waals surface area (Å²) in [7, 11) is 1.68. The van der Waals surface area contributed by atoms with Crippen LogP contribution in [0.1, 0.15) is 0 Å². The van der Waals surface area contributed by atoms with E-state index in [-0.39, 0.29) is 5.91 Å². The minimum absolute atomic E-state index is 0.0514. The number of nitrogens with zero attached hydrogens (tertiary/aromatic N) is 4. The Labute approximate surface area is 186 Å². The highest BCUT2D eigenvalue weighted by Gasteiger charge is 2.19. The van der Waals surface area contributed by atoms with Gasteiger partial charge < -0.3 is 19.9 Å². The Balaban J connectivity index is 1.29. The van der Waals surface area contributed by atoms with Crippen LogP contribution in [0.4, 0.5) is 17.2 Å². The van der Waals surface area contributed by atoms with E-state index < -0.39 is 0 Å². The summed E-state index contributed by atoms with van der Waals surface area (Å²) in [6, 6.07) is 19.6. The first-order valence-corrected chi connectivity index (χ1v) is 11.1. The number of methoxy groups -OCH3 is 1. The van der Waals surface area contributed by atoms with Gasteiger partial charge >= 0.3 is 0 Å². The Morgan fingerprint density at radius 3 is 2.42 bits per heavy atom. The Kier molecular flexibility index (Phi) is 6.89. The number of piperazine rings is 1. The molecule has 0 atom stereocenters. The third-order valence-corrected chi connectivity index (χ3v) is 6.00. The molecule has 31 heavy (non-hydrogen) atoms. The van der Waals surface area contributed by atoms with Crippen LogP contribution in [0.15, 0.2) is 72.0 Å². The van der Waals surface area contributed by atoms with Crippen molar-refractivity contribution < 1.29 is 9.53 Å². The van der Waals surface area contributed by atoms with Crippen LogP contribution in [0.25, 0.3) is 0 Å². The second-order valence-electron chi connectivity index (χ2n) is 7.09. The Morgan fingerprint density at radius 1 is 1.00 bits per heavy atom. The van der Waals surface area contributed by atoms with Crippen molar-refractivity contribution >= 4 is 34.9 Å². The summed E-state index contributed by atoms with van der Waals surface area (Å²) < 4.78 is 5.24. The van der Waals surface area contributed by atoms with E-state index in [0.717, 1.165) is 48.5 Å². The third-order valence-electron chi connectivity index (χ3n) is 5.08. The largest absolute Gasteiger partial charge is 0.497 e. The lowest BCUT2D eigenvalue weighted by atomic mass is 10.2. The summed E-state index contributed by atoms with van der Waals surface area (Å²) in [4.78, 5) is 25.6. The van der Waals surface area contributed by atoms with Gasteiger partial charge in [-0.25, -0.2) is 9.97 Å². The van der Waals surface area contributed by atoms with Crippen LogP contribution in [0.5, 0.6) is 5.75 Å². The molecule has 0 aliphatic carbocycles. The number of nitrogens with one attached hydrogen (secondary N) is 1. The molecule has 1 aliphatic heterocycles. The fourth-order valence-corrected chi connectivity index (χ4v) is 4.09.